The van der Waals surface area contributed by atoms with E-state index in [1.165, 1.54) is 6.07 Å². The number of anilines is 1. The van der Waals surface area contributed by atoms with E-state index in [-0.39, 0.29) is 11.7 Å². The first-order chi connectivity index (χ1) is 9.97. The molecule has 2 rings (SSSR count). The molecule has 0 heterocycles. The molecule has 0 aliphatic rings. The van der Waals surface area contributed by atoms with Crippen molar-refractivity contribution in [2.45, 2.75) is 19.9 Å². The number of rotatable bonds is 3. The zero-order valence-corrected chi connectivity index (χ0v) is 11.8. The largest absolute Gasteiger partial charge is 0.331 e. The zero-order chi connectivity index (χ0) is 15.4. The highest BCUT2D eigenvalue weighted by molar-refractivity contribution is 5.89. The average molecular weight is 290 g/mol. The molecule has 2 N–H and O–H groups in total. The van der Waals surface area contributed by atoms with Crippen molar-refractivity contribution in [3.8, 4) is 0 Å². The molecule has 0 radical (unpaired) electrons. The number of carbonyl (C=O) groups is 1. The molecule has 2 aromatic carbocycles. The number of hydrogen-bond donors (Lipinski definition) is 2. The molecule has 0 bridgehead atoms. The van der Waals surface area contributed by atoms with E-state index < -0.39 is 17.7 Å². The van der Waals surface area contributed by atoms with E-state index in [4.69, 9.17) is 0 Å². The smallest absolute Gasteiger partial charge is 0.319 e. The van der Waals surface area contributed by atoms with Crippen molar-refractivity contribution in [1.29, 1.82) is 0 Å². The van der Waals surface area contributed by atoms with E-state index in [1.54, 1.807) is 0 Å². The van der Waals surface area contributed by atoms with Crippen LogP contribution in [-0.4, -0.2) is 6.03 Å². The van der Waals surface area contributed by atoms with Gasteiger partial charge in [0.05, 0.1) is 6.04 Å². The molecule has 21 heavy (non-hydrogen) atoms. The highest BCUT2D eigenvalue weighted by atomic mass is 19.2. The summed E-state index contributed by atoms with van der Waals surface area (Å²) in [5.74, 6) is -1.95. The lowest BCUT2D eigenvalue weighted by molar-refractivity contribution is 0.249. The molecular formula is C16H16F2N2O. The molecule has 2 amide bonds. The highest BCUT2D eigenvalue weighted by Crippen LogP contribution is 2.17. The second-order valence-electron chi connectivity index (χ2n) is 4.81. The van der Waals surface area contributed by atoms with Crippen LogP contribution in [0.1, 0.15) is 24.1 Å². The summed E-state index contributed by atoms with van der Waals surface area (Å²) < 4.78 is 25.9. The van der Waals surface area contributed by atoms with Gasteiger partial charge in [0.25, 0.3) is 0 Å². The highest BCUT2D eigenvalue weighted by Gasteiger charge is 2.12. The van der Waals surface area contributed by atoms with Gasteiger partial charge in [0.2, 0.25) is 0 Å². The Balaban J connectivity index is 2.01. The van der Waals surface area contributed by atoms with Crippen molar-refractivity contribution in [2.75, 3.05) is 5.32 Å². The second kappa shape index (κ2) is 6.35. The van der Waals surface area contributed by atoms with E-state index in [0.29, 0.717) is 0 Å². The van der Waals surface area contributed by atoms with E-state index in [2.05, 4.69) is 10.6 Å². The summed E-state index contributed by atoms with van der Waals surface area (Å²) in [6.07, 6.45) is 0. The van der Waals surface area contributed by atoms with E-state index in [9.17, 15) is 13.6 Å². The lowest BCUT2D eigenvalue weighted by Gasteiger charge is -2.17. The van der Waals surface area contributed by atoms with Gasteiger partial charge in [0.1, 0.15) is 0 Å². The molecular weight excluding hydrogens is 274 g/mol. The molecule has 0 saturated heterocycles. The maximum Gasteiger partial charge on any atom is 0.319 e. The number of carbonyl (C=O) groups excluding carboxylic acids is 1. The summed E-state index contributed by atoms with van der Waals surface area (Å²) in [7, 11) is 0. The van der Waals surface area contributed by atoms with Crippen LogP contribution in [0, 0.1) is 18.6 Å². The molecule has 1 atom stereocenters. The normalized spacial score (nSPS) is 11.8. The van der Waals surface area contributed by atoms with Crippen LogP contribution in [0.5, 0.6) is 0 Å². The summed E-state index contributed by atoms with van der Waals surface area (Å²) >= 11 is 0. The first kappa shape index (κ1) is 15.0. The lowest BCUT2D eigenvalue weighted by atomic mass is 10.0. The Hall–Kier alpha value is -2.43. The number of aryl methyl sites for hydroxylation is 1. The lowest BCUT2D eigenvalue weighted by Crippen LogP contribution is -2.31. The van der Waals surface area contributed by atoms with Crippen LogP contribution >= 0.6 is 0 Å². The summed E-state index contributed by atoms with van der Waals surface area (Å²) in [5, 5.41) is 5.23. The van der Waals surface area contributed by atoms with Crippen molar-refractivity contribution >= 4 is 11.7 Å². The number of benzene rings is 2. The van der Waals surface area contributed by atoms with Gasteiger partial charge in [-0.3, -0.25) is 0 Å². The second-order valence-corrected chi connectivity index (χ2v) is 4.81. The number of urea groups is 1. The monoisotopic (exact) mass is 290 g/mol. The van der Waals surface area contributed by atoms with Crippen LogP contribution in [0.15, 0.2) is 42.5 Å². The Morgan fingerprint density at radius 1 is 1.10 bits per heavy atom. The SMILES string of the molecule is Cc1ccccc1[C@@H](C)NC(=O)Nc1ccc(F)c(F)c1. The quantitative estimate of drug-likeness (QED) is 0.875. The molecule has 0 saturated carbocycles. The predicted octanol–water partition coefficient (Wildman–Crippen LogP) is 4.16. The minimum atomic E-state index is -1.00. The van der Waals surface area contributed by atoms with Crippen molar-refractivity contribution in [2.24, 2.45) is 0 Å². The molecule has 0 spiro atoms. The Morgan fingerprint density at radius 2 is 1.81 bits per heavy atom. The molecule has 0 aliphatic carbocycles. The van der Waals surface area contributed by atoms with Crippen molar-refractivity contribution in [3.05, 3.63) is 65.2 Å². The first-order valence-corrected chi connectivity index (χ1v) is 6.55. The van der Waals surface area contributed by atoms with Crippen molar-refractivity contribution in [3.63, 3.8) is 0 Å². The topological polar surface area (TPSA) is 41.1 Å². The van der Waals surface area contributed by atoms with Crippen molar-refractivity contribution < 1.29 is 13.6 Å². The summed E-state index contributed by atoms with van der Waals surface area (Å²) in [4.78, 5) is 11.9. The van der Waals surface area contributed by atoms with Gasteiger partial charge in [-0.15, -0.1) is 0 Å². The molecule has 3 nitrogen and oxygen atoms in total. The molecule has 0 fully saturated rings. The summed E-state index contributed by atoms with van der Waals surface area (Å²) in [6.45, 7) is 3.81. The molecule has 5 heteroatoms. The third-order valence-electron chi connectivity index (χ3n) is 3.18. The van der Waals surface area contributed by atoms with E-state index in [0.717, 1.165) is 23.3 Å². The number of nitrogens with one attached hydrogen (secondary N) is 2. The van der Waals surface area contributed by atoms with Crippen LogP contribution in [0.3, 0.4) is 0 Å². The van der Waals surface area contributed by atoms with Gasteiger partial charge in [-0.1, -0.05) is 24.3 Å². The van der Waals surface area contributed by atoms with Crippen LogP contribution in [0.2, 0.25) is 0 Å². The minimum Gasteiger partial charge on any atom is -0.331 e. The first-order valence-electron chi connectivity index (χ1n) is 6.55. The van der Waals surface area contributed by atoms with Gasteiger partial charge in [-0.25, -0.2) is 13.6 Å². The molecule has 0 aromatic heterocycles. The fraction of sp³-hybridized carbons (Fsp3) is 0.188. The van der Waals surface area contributed by atoms with Crippen molar-refractivity contribution in [1.82, 2.24) is 5.32 Å². The Kier molecular flexibility index (Phi) is 4.52. The number of halogens is 2. The van der Waals surface area contributed by atoms with Crippen LogP contribution in [0.4, 0.5) is 19.3 Å². The summed E-state index contributed by atoms with van der Waals surface area (Å²) in [6, 6.07) is 10.2. The van der Waals surface area contributed by atoms with E-state index in [1.807, 2.05) is 38.1 Å². The fourth-order valence-electron chi connectivity index (χ4n) is 2.09. The molecule has 0 unspecified atom stereocenters. The van der Waals surface area contributed by atoms with Gasteiger partial charge in [-0.05, 0) is 37.1 Å². The van der Waals surface area contributed by atoms with E-state index >= 15 is 0 Å². The molecule has 110 valence electrons. The van der Waals surface area contributed by atoms with Gasteiger partial charge >= 0.3 is 6.03 Å². The third-order valence-corrected chi connectivity index (χ3v) is 3.18. The standard InChI is InChI=1S/C16H16F2N2O/c1-10-5-3-4-6-13(10)11(2)19-16(21)20-12-7-8-14(17)15(18)9-12/h3-9,11H,1-2H3,(H2,19,20,21)/t11-/m1/s1. The predicted molar refractivity (Wildman–Crippen MR) is 78.1 cm³/mol. The summed E-state index contributed by atoms with van der Waals surface area (Å²) in [5.41, 5.74) is 2.26. The van der Waals surface area contributed by atoms with Crippen LogP contribution < -0.4 is 10.6 Å². The fourth-order valence-corrected chi connectivity index (χ4v) is 2.09. The Morgan fingerprint density at radius 3 is 2.48 bits per heavy atom. The van der Waals surface area contributed by atoms with Crippen LogP contribution in [-0.2, 0) is 0 Å². The minimum absolute atomic E-state index is 0.198. The number of hydrogen-bond acceptors (Lipinski definition) is 1. The zero-order valence-electron chi connectivity index (χ0n) is 11.8. The number of amides is 2. The average Bonchev–Trinajstić information content (AvgIpc) is 2.43. The molecule has 2 aromatic rings. The maximum atomic E-state index is 13.1. The molecule has 0 aliphatic heterocycles. The van der Waals surface area contributed by atoms with Gasteiger partial charge in [0, 0.05) is 11.8 Å². The van der Waals surface area contributed by atoms with Crippen LogP contribution in [0.25, 0.3) is 0 Å². The van der Waals surface area contributed by atoms with Gasteiger partial charge in [-0.2, -0.15) is 0 Å². The third kappa shape index (κ3) is 3.78. The maximum absolute atomic E-state index is 13.1. The Bertz CT molecular complexity index is 658. The van der Waals surface area contributed by atoms with Gasteiger partial charge < -0.3 is 10.6 Å². The van der Waals surface area contributed by atoms with Gasteiger partial charge in [0.15, 0.2) is 11.6 Å². The Labute approximate surface area is 122 Å².